The average Bonchev–Trinajstić information content (AvgIpc) is 3.08. The molecule has 2 aliphatic rings. The molecule has 2 fully saturated rings. The molecule has 1 aromatic carbocycles. The summed E-state index contributed by atoms with van der Waals surface area (Å²) < 4.78 is 5.34. The second kappa shape index (κ2) is 11.7. The van der Waals surface area contributed by atoms with Crippen molar-refractivity contribution < 1.29 is 9.53 Å². The van der Waals surface area contributed by atoms with E-state index >= 15 is 0 Å². The van der Waals surface area contributed by atoms with Crippen LogP contribution in [0.25, 0.3) is 0 Å². The Kier molecular flexibility index (Phi) is 9.21. The molecule has 1 aromatic rings. The number of alkyl carbamates (subject to hydrolysis) is 1. The highest BCUT2D eigenvalue weighted by molar-refractivity contribution is 7.80. The minimum absolute atomic E-state index is 0.333. The zero-order valence-electron chi connectivity index (χ0n) is 21.9. The highest BCUT2D eigenvalue weighted by atomic mass is 32.1. The maximum atomic E-state index is 11.9. The van der Waals surface area contributed by atoms with Gasteiger partial charge in [0.1, 0.15) is 5.60 Å². The van der Waals surface area contributed by atoms with Crippen LogP contribution in [0.3, 0.4) is 0 Å². The first-order valence-corrected chi connectivity index (χ1v) is 13.3. The van der Waals surface area contributed by atoms with Gasteiger partial charge in [-0.25, -0.2) is 4.79 Å². The predicted molar refractivity (Wildman–Crippen MR) is 143 cm³/mol. The van der Waals surface area contributed by atoms with Gasteiger partial charge < -0.3 is 24.8 Å². The van der Waals surface area contributed by atoms with Crippen LogP contribution in [-0.4, -0.2) is 76.3 Å². The largest absolute Gasteiger partial charge is 0.444 e. The fourth-order valence-electron chi connectivity index (χ4n) is 5.10. The van der Waals surface area contributed by atoms with E-state index in [9.17, 15) is 4.79 Å². The molecule has 2 saturated heterocycles. The van der Waals surface area contributed by atoms with Gasteiger partial charge in [0.15, 0.2) is 5.11 Å². The fraction of sp³-hybridized carbons (Fsp3) is 0.704. The lowest BCUT2D eigenvalue weighted by molar-refractivity contribution is 0.0519. The first kappa shape index (κ1) is 26.7. The molecule has 0 aliphatic carbocycles. The van der Waals surface area contributed by atoms with Crippen LogP contribution in [0, 0.1) is 5.92 Å². The molecular weight excluding hydrogens is 444 g/mol. The van der Waals surface area contributed by atoms with E-state index in [-0.39, 0.29) is 6.09 Å². The van der Waals surface area contributed by atoms with E-state index in [1.807, 2.05) is 20.8 Å². The summed E-state index contributed by atoms with van der Waals surface area (Å²) in [6, 6.07) is 12.1. The summed E-state index contributed by atoms with van der Waals surface area (Å²) >= 11 is 6.02. The van der Waals surface area contributed by atoms with Crippen molar-refractivity contribution >= 4 is 23.4 Å². The summed E-state index contributed by atoms with van der Waals surface area (Å²) in [5, 5.41) is 3.92. The van der Waals surface area contributed by atoms with E-state index in [1.54, 1.807) is 0 Å². The van der Waals surface area contributed by atoms with Crippen molar-refractivity contribution in [3.05, 3.63) is 35.9 Å². The molecule has 0 aromatic heterocycles. The Hall–Kier alpha value is -1.86. The first-order chi connectivity index (χ1) is 16.0. The molecule has 0 radical (unpaired) electrons. The topological polar surface area (TPSA) is 48.0 Å². The summed E-state index contributed by atoms with van der Waals surface area (Å²) in [4.78, 5) is 19.4. The number of likely N-dealkylation sites (tertiary alicyclic amines) is 1. The van der Waals surface area contributed by atoms with Crippen molar-refractivity contribution in [2.75, 3.05) is 32.7 Å². The van der Waals surface area contributed by atoms with E-state index < -0.39 is 5.60 Å². The van der Waals surface area contributed by atoms with Crippen LogP contribution in [0.15, 0.2) is 30.3 Å². The second-order valence-electron chi connectivity index (χ2n) is 11.2. The molecule has 0 saturated carbocycles. The number of amides is 1. The normalized spacial score (nSPS) is 21.3. The Morgan fingerprint density at radius 3 is 2.38 bits per heavy atom. The Labute approximate surface area is 212 Å². The molecule has 2 atom stereocenters. The SMILES string of the molecule is CC(C)CN1CC(c2ccccc2)N(C2CCN(C(C)CCNC(=O)OC(C)(C)C)CC2)C1=S. The van der Waals surface area contributed by atoms with Gasteiger partial charge in [-0.3, -0.25) is 0 Å². The van der Waals surface area contributed by atoms with Crippen LogP contribution in [0.4, 0.5) is 4.79 Å². The zero-order valence-corrected chi connectivity index (χ0v) is 22.7. The highest BCUT2D eigenvalue weighted by Gasteiger charge is 2.40. The van der Waals surface area contributed by atoms with Crippen molar-refractivity contribution in [3.8, 4) is 0 Å². The molecule has 2 heterocycles. The number of carbonyl (C=O) groups is 1. The Balaban J connectivity index is 1.55. The lowest BCUT2D eigenvalue weighted by atomic mass is 9.98. The number of hydrogen-bond acceptors (Lipinski definition) is 4. The molecule has 2 aliphatic heterocycles. The van der Waals surface area contributed by atoms with E-state index in [2.05, 4.69) is 71.1 Å². The minimum Gasteiger partial charge on any atom is -0.444 e. The highest BCUT2D eigenvalue weighted by Crippen LogP contribution is 2.35. The first-order valence-electron chi connectivity index (χ1n) is 12.9. The third kappa shape index (κ3) is 7.32. The molecule has 34 heavy (non-hydrogen) atoms. The van der Waals surface area contributed by atoms with Crippen LogP contribution >= 0.6 is 12.2 Å². The molecule has 0 bridgehead atoms. The van der Waals surface area contributed by atoms with Gasteiger partial charge in [0.05, 0.1) is 6.04 Å². The Bertz CT molecular complexity index is 803. The molecule has 3 rings (SSSR count). The number of rotatable bonds is 8. The predicted octanol–water partition coefficient (Wildman–Crippen LogP) is 5.05. The van der Waals surface area contributed by atoms with Crippen LogP contribution < -0.4 is 5.32 Å². The van der Waals surface area contributed by atoms with Gasteiger partial charge in [0.25, 0.3) is 0 Å². The molecule has 0 spiro atoms. The van der Waals surface area contributed by atoms with E-state index in [0.717, 1.165) is 50.6 Å². The quantitative estimate of drug-likeness (QED) is 0.517. The number of thiocarbonyl (C=S) groups is 1. The standard InChI is InChI=1S/C27H44N4O2S/c1-20(2)18-30-19-24(22-10-8-7-9-11-22)31(26(30)34)23-13-16-29(17-14-23)21(3)12-15-28-25(32)33-27(4,5)6/h7-11,20-21,23-24H,12-19H2,1-6H3,(H,28,32). The molecule has 6 nitrogen and oxygen atoms in total. The maximum absolute atomic E-state index is 11.9. The minimum atomic E-state index is -0.462. The molecule has 190 valence electrons. The van der Waals surface area contributed by atoms with Gasteiger partial charge >= 0.3 is 6.09 Å². The summed E-state index contributed by atoms with van der Waals surface area (Å²) in [7, 11) is 0. The lowest BCUT2D eigenvalue weighted by Crippen LogP contribution is -2.49. The number of nitrogens with one attached hydrogen (secondary N) is 1. The van der Waals surface area contributed by atoms with Gasteiger partial charge in [0.2, 0.25) is 0 Å². The molecule has 2 unspecified atom stereocenters. The number of nitrogens with zero attached hydrogens (tertiary/aromatic N) is 3. The number of ether oxygens (including phenoxy) is 1. The number of benzene rings is 1. The van der Waals surface area contributed by atoms with Crippen molar-refractivity contribution in [1.29, 1.82) is 0 Å². The van der Waals surface area contributed by atoms with Gasteiger partial charge in [-0.05, 0) is 70.7 Å². The van der Waals surface area contributed by atoms with E-state index in [1.165, 1.54) is 5.56 Å². The van der Waals surface area contributed by atoms with Crippen molar-refractivity contribution in [2.24, 2.45) is 5.92 Å². The Morgan fingerprint density at radius 2 is 1.79 bits per heavy atom. The van der Waals surface area contributed by atoms with Gasteiger partial charge in [-0.15, -0.1) is 0 Å². The summed E-state index contributed by atoms with van der Waals surface area (Å²) in [5.74, 6) is 0.589. The van der Waals surface area contributed by atoms with Gasteiger partial charge in [-0.1, -0.05) is 44.2 Å². The van der Waals surface area contributed by atoms with Crippen LogP contribution in [0.5, 0.6) is 0 Å². The van der Waals surface area contributed by atoms with Crippen LogP contribution in [-0.2, 0) is 4.74 Å². The Morgan fingerprint density at radius 1 is 1.15 bits per heavy atom. The van der Waals surface area contributed by atoms with E-state index in [0.29, 0.717) is 30.6 Å². The molecular formula is C27H44N4O2S. The zero-order chi connectivity index (χ0) is 24.9. The smallest absolute Gasteiger partial charge is 0.407 e. The third-order valence-corrected chi connectivity index (χ3v) is 7.21. The second-order valence-corrected chi connectivity index (χ2v) is 11.6. The third-order valence-electron chi connectivity index (χ3n) is 6.74. The van der Waals surface area contributed by atoms with Crippen LogP contribution in [0.2, 0.25) is 0 Å². The summed E-state index contributed by atoms with van der Waals surface area (Å²) in [6.45, 7) is 17.2. The van der Waals surface area contributed by atoms with Crippen molar-refractivity contribution in [2.45, 2.75) is 84.5 Å². The fourth-order valence-corrected chi connectivity index (χ4v) is 5.53. The summed E-state index contributed by atoms with van der Waals surface area (Å²) in [6.07, 6.45) is 2.81. The van der Waals surface area contributed by atoms with Crippen molar-refractivity contribution in [3.63, 3.8) is 0 Å². The van der Waals surface area contributed by atoms with Gasteiger partial charge in [-0.2, -0.15) is 0 Å². The lowest BCUT2D eigenvalue weighted by Gasteiger charge is -2.42. The van der Waals surface area contributed by atoms with Gasteiger partial charge in [0, 0.05) is 44.8 Å². The molecule has 7 heteroatoms. The number of hydrogen-bond donors (Lipinski definition) is 1. The summed E-state index contributed by atoms with van der Waals surface area (Å²) in [5.41, 5.74) is 0.899. The average molecular weight is 489 g/mol. The maximum Gasteiger partial charge on any atom is 0.407 e. The monoisotopic (exact) mass is 488 g/mol. The van der Waals surface area contributed by atoms with E-state index in [4.69, 9.17) is 17.0 Å². The molecule has 1 N–H and O–H groups in total. The van der Waals surface area contributed by atoms with Crippen molar-refractivity contribution in [1.82, 2.24) is 20.0 Å². The number of piperidine rings is 1. The number of carbonyl (C=O) groups excluding carboxylic acids is 1. The van der Waals surface area contributed by atoms with Crippen LogP contribution in [0.1, 0.15) is 72.4 Å². The molecule has 1 amide bonds.